The summed E-state index contributed by atoms with van der Waals surface area (Å²) in [4.78, 5) is 30.7. The van der Waals surface area contributed by atoms with E-state index in [0.29, 0.717) is 18.1 Å². The molecule has 1 saturated heterocycles. The molecule has 2 aliphatic rings. The van der Waals surface area contributed by atoms with E-state index in [1.165, 1.54) is 4.90 Å². The first-order valence-corrected chi connectivity index (χ1v) is 8.21. The quantitative estimate of drug-likeness (QED) is 0.845. The number of amides is 3. The Bertz CT molecular complexity index is 634. The molecule has 3 amide bonds. The van der Waals surface area contributed by atoms with Crippen molar-refractivity contribution in [1.29, 1.82) is 0 Å². The van der Waals surface area contributed by atoms with Crippen molar-refractivity contribution >= 4 is 11.9 Å². The number of aromatic nitrogens is 2. The van der Waals surface area contributed by atoms with Gasteiger partial charge in [0.25, 0.3) is 5.91 Å². The normalized spacial score (nSPS) is 28.5. The second-order valence-corrected chi connectivity index (χ2v) is 7.71. The number of rotatable bonds is 2. The Hall–Kier alpha value is -1.92. The third-order valence-electron chi connectivity index (χ3n) is 4.91. The highest BCUT2D eigenvalue weighted by molar-refractivity contribution is 6.07. The number of hydrogen-bond donors (Lipinski definition) is 1. The molecule has 2 atom stereocenters. The van der Waals surface area contributed by atoms with Gasteiger partial charge in [0.1, 0.15) is 5.54 Å². The Morgan fingerprint density at radius 2 is 2.09 bits per heavy atom. The molecule has 23 heavy (non-hydrogen) atoms. The van der Waals surface area contributed by atoms with Gasteiger partial charge in [-0.2, -0.15) is 4.98 Å². The molecule has 1 aromatic heterocycles. The van der Waals surface area contributed by atoms with Crippen molar-refractivity contribution in [3.63, 3.8) is 0 Å². The van der Waals surface area contributed by atoms with Gasteiger partial charge in [-0.3, -0.25) is 9.69 Å². The fourth-order valence-corrected chi connectivity index (χ4v) is 3.40. The van der Waals surface area contributed by atoms with Crippen molar-refractivity contribution in [1.82, 2.24) is 20.4 Å². The van der Waals surface area contributed by atoms with Crippen LogP contribution in [0.4, 0.5) is 4.79 Å². The van der Waals surface area contributed by atoms with E-state index in [-0.39, 0.29) is 29.8 Å². The van der Waals surface area contributed by atoms with Crippen LogP contribution in [-0.4, -0.2) is 32.5 Å². The second-order valence-electron chi connectivity index (χ2n) is 7.71. The standard InChI is InChI=1S/C16H24N4O3/c1-10-7-5-6-8-16(10)13(21)20(14(22)18-16)9-11-17-12(23-19-11)15(2,3)4/h10H,5-9H2,1-4H3,(H,18,22)/t10-,16+/m1/s1. The Balaban J connectivity index is 1.80. The molecule has 7 heteroatoms. The zero-order valence-electron chi connectivity index (χ0n) is 14.2. The molecule has 1 aliphatic heterocycles. The zero-order valence-corrected chi connectivity index (χ0v) is 14.2. The number of carbonyl (C=O) groups excluding carboxylic acids is 2. The van der Waals surface area contributed by atoms with Crippen molar-refractivity contribution in [2.75, 3.05) is 0 Å². The van der Waals surface area contributed by atoms with Gasteiger partial charge in [-0.05, 0) is 18.8 Å². The Morgan fingerprint density at radius 1 is 1.35 bits per heavy atom. The molecule has 1 spiro atoms. The van der Waals surface area contributed by atoms with E-state index < -0.39 is 5.54 Å². The molecule has 0 unspecified atom stereocenters. The fraction of sp³-hybridized carbons (Fsp3) is 0.750. The maximum atomic E-state index is 12.9. The molecule has 0 radical (unpaired) electrons. The Kier molecular flexibility index (Phi) is 3.69. The van der Waals surface area contributed by atoms with E-state index in [1.54, 1.807) is 0 Å². The van der Waals surface area contributed by atoms with Gasteiger partial charge in [-0.1, -0.05) is 45.7 Å². The molecule has 0 aromatic carbocycles. The highest BCUT2D eigenvalue weighted by atomic mass is 16.5. The minimum Gasteiger partial charge on any atom is -0.339 e. The SMILES string of the molecule is C[C@@H]1CCCC[C@]12NC(=O)N(Cc1noc(C(C)(C)C)n1)C2=O. The summed E-state index contributed by atoms with van der Waals surface area (Å²) in [5, 5.41) is 6.84. The lowest BCUT2D eigenvalue weighted by Gasteiger charge is -2.36. The van der Waals surface area contributed by atoms with Crippen LogP contribution in [0.2, 0.25) is 0 Å². The maximum Gasteiger partial charge on any atom is 0.325 e. The third kappa shape index (κ3) is 2.62. The first-order chi connectivity index (χ1) is 10.7. The van der Waals surface area contributed by atoms with E-state index in [1.807, 2.05) is 27.7 Å². The summed E-state index contributed by atoms with van der Waals surface area (Å²) in [7, 11) is 0. The molecule has 3 rings (SSSR count). The maximum absolute atomic E-state index is 12.9. The van der Waals surface area contributed by atoms with Crippen LogP contribution in [0.3, 0.4) is 0 Å². The van der Waals surface area contributed by atoms with Crippen molar-refractivity contribution in [2.45, 2.75) is 70.9 Å². The van der Waals surface area contributed by atoms with Gasteiger partial charge in [0, 0.05) is 5.41 Å². The van der Waals surface area contributed by atoms with Crippen molar-refractivity contribution in [2.24, 2.45) is 5.92 Å². The monoisotopic (exact) mass is 320 g/mol. The first kappa shape index (κ1) is 16.0. The summed E-state index contributed by atoms with van der Waals surface area (Å²) in [5.41, 5.74) is -1.01. The van der Waals surface area contributed by atoms with Crippen LogP contribution in [0.1, 0.15) is 65.1 Å². The van der Waals surface area contributed by atoms with E-state index in [0.717, 1.165) is 19.3 Å². The average molecular weight is 320 g/mol. The number of nitrogens with one attached hydrogen (secondary N) is 1. The van der Waals surface area contributed by atoms with Crippen molar-refractivity contribution < 1.29 is 14.1 Å². The summed E-state index contributed by atoms with van der Waals surface area (Å²) in [5.74, 6) is 0.851. The predicted molar refractivity (Wildman–Crippen MR) is 82.4 cm³/mol. The minimum atomic E-state index is -0.744. The second kappa shape index (κ2) is 5.32. The molecule has 2 heterocycles. The summed E-state index contributed by atoms with van der Waals surface area (Å²) >= 11 is 0. The molecule has 1 aromatic rings. The highest BCUT2D eigenvalue weighted by Gasteiger charge is 2.55. The first-order valence-electron chi connectivity index (χ1n) is 8.21. The van der Waals surface area contributed by atoms with Gasteiger partial charge in [0.2, 0.25) is 5.89 Å². The summed E-state index contributed by atoms with van der Waals surface area (Å²) in [6.45, 7) is 8.00. The highest BCUT2D eigenvalue weighted by Crippen LogP contribution is 2.38. The topological polar surface area (TPSA) is 88.3 Å². The lowest BCUT2D eigenvalue weighted by atomic mass is 9.73. The number of urea groups is 1. The number of hydrogen-bond acceptors (Lipinski definition) is 5. The lowest BCUT2D eigenvalue weighted by Crippen LogP contribution is -2.53. The fourth-order valence-electron chi connectivity index (χ4n) is 3.40. The summed E-state index contributed by atoms with van der Waals surface area (Å²) in [6.07, 6.45) is 3.72. The van der Waals surface area contributed by atoms with Gasteiger partial charge in [-0.25, -0.2) is 4.79 Å². The van der Waals surface area contributed by atoms with Gasteiger partial charge in [0.15, 0.2) is 5.82 Å². The largest absolute Gasteiger partial charge is 0.339 e. The van der Waals surface area contributed by atoms with Gasteiger partial charge in [-0.15, -0.1) is 0 Å². The van der Waals surface area contributed by atoms with Crippen LogP contribution in [0.15, 0.2) is 4.52 Å². The Morgan fingerprint density at radius 3 is 2.70 bits per heavy atom. The molecule has 7 nitrogen and oxygen atoms in total. The van der Waals surface area contributed by atoms with Gasteiger partial charge in [0.05, 0.1) is 6.54 Å². The third-order valence-corrected chi connectivity index (χ3v) is 4.91. The van der Waals surface area contributed by atoms with Crippen LogP contribution in [0, 0.1) is 5.92 Å². The number of imide groups is 1. The molecule has 1 aliphatic carbocycles. The van der Waals surface area contributed by atoms with Crippen LogP contribution < -0.4 is 5.32 Å². The van der Waals surface area contributed by atoms with Crippen molar-refractivity contribution in [3.05, 3.63) is 11.7 Å². The van der Waals surface area contributed by atoms with Gasteiger partial charge < -0.3 is 9.84 Å². The molecule has 2 fully saturated rings. The Labute approximate surface area is 135 Å². The molecular formula is C16H24N4O3. The predicted octanol–water partition coefficient (Wildman–Crippen LogP) is 2.37. The zero-order chi connectivity index (χ0) is 16.8. The van der Waals surface area contributed by atoms with Crippen LogP contribution in [0.5, 0.6) is 0 Å². The van der Waals surface area contributed by atoms with Gasteiger partial charge >= 0.3 is 6.03 Å². The average Bonchev–Trinajstić information content (AvgIpc) is 3.02. The molecule has 0 bridgehead atoms. The number of carbonyl (C=O) groups is 2. The van der Waals surface area contributed by atoms with Crippen LogP contribution in [0.25, 0.3) is 0 Å². The van der Waals surface area contributed by atoms with Crippen molar-refractivity contribution in [3.8, 4) is 0 Å². The molecule has 126 valence electrons. The van der Waals surface area contributed by atoms with Crippen LogP contribution in [-0.2, 0) is 16.8 Å². The van der Waals surface area contributed by atoms with Crippen LogP contribution >= 0.6 is 0 Å². The van der Waals surface area contributed by atoms with E-state index in [2.05, 4.69) is 15.5 Å². The van der Waals surface area contributed by atoms with E-state index >= 15 is 0 Å². The molecule has 1 N–H and O–H groups in total. The number of nitrogens with zero attached hydrogens (tertiary/aromatic N) is 3. The summed E-state index contributed by atoms with van der Waals surface area (Å²) < 4.78 is 5.24. The minimum absolute atomic E-state index is 0.0543. The molecular weight excluding hydrogens is 296 g/mol. The smallest absolute Gasteiger partial charge is 0.325 e. The van der Waals surface area contributed by atoms with E-state index in [4.69, 9.17) is 4.52 Å². The lowest BCUT2D eigenvalue weighted by molar-refractivity contribution is -0.134. The molecule has 1 saturated carbocycles. The summed E-state index contributed by atoms with van der Waals surface area (Å²) in [6, 6.07) is -0.356. The van der Waals surface area contributed by atoms with E-state index in [9.17, 15) is 9.59 Å².